The Morgan fingerprint density at radius 1 is 0.688 bits per heavy atom. The average molecular weight is 459 g/mol. The highest BCUT2D eigenvalue weighted by Crippen LogP contribution is 2.27. The molecule has 0 aliphatic rings. The molecule has 2 N–H and O–H groups in total. The number of nitrogens with zero attached hydrogens (tertiary/aromatic N) is 1. The Balaban J connectivity index is 2.17. The Bertz CT molecular complexity index is 966. The highest BCUT2D eigenvalue weighted by molar-refractivity contribution is 5.99. The molecule has 0 heterocycles. The molecule has 0 aliphatic carbocycles. The quantitative estimate of drug-likeness (QED) is 0.338. The smallest absolute Gasteiger partial charge is 0.454 e. The number of hydrogen-bond acceptors (Lipinski definition) is 5. The van der Waals surface area contributed by atoms with Crippen LogP contribution < -0.4 is 4.90 Å². The Kier molecular flexibility index (Phi) is 7.02. The standard InChI is InChI=1S/C21H15F6NO4/c1-28(14-6-2-12(3-7-14)16(29)10-18(31)20(22,23)24)15-8-4-13(5-9-15)17(30)11-19(32)21(25,26)27/h2-11,29-30H,1H3. The van der Waals surface area contributed by atoms with Gasteiger partial charge < -0.3 is 15.1 Å². The molecule has 5 nitrogen and oxygen atoms in total. The van der Waals surface area contributed by atoms with Gasteiger partial charge in [0.15, 0.2) is 0 Å². The van der Waals surface area contributed by atoms with Crippen molar-refractivity contribution in [1.82, 2.24) is 0 Å². The van der Waals surface area contributed by atoms with Crippen LogP contribution in [0.25, 0.3) is 11.5 Å². The summed E-state index contributed by atoms with van der Waals surface area (Å²) in [5.41, 5.74) is 0.978. The summed E-state index contributed by atoms with van der Waals surface area (Å²) in [5, 5.41) is 19.4. The maximum Gasteiger partial charge on any atom is 0.454 e. The summed E-state index contributed by atoms with van der Waals surface area (Å²) in [5.74, 6) is -6.13. The number of alkyl halides is 6. The summed E-state index contributed by atoms with van der Waals surface area (Å²) in [7, 11) is 1.61. The first-order chi connectivity index (χ1) is 14.7. The SMILES string of the molecule is CN(c1ccc(C(O)=CC(=O)C(F)(F)F)cc1)c1ccc(C(O)=CC(=O)C(F)(F)F)cc1. The van der Waals surface area contributed by atoms with Gasteiger partial charge in [0.25, 0.3) is 11.6 Å². The molecule has 2 rings (SSSR count). The van der Waals surface area contributed by atoms with Crippen molar-refractivity contribution >= 4 is 34.5 Å². The third-order valence-electron chi connectivity index (χ3n) is 4.20. The first-order valence-corrected chi connectivity index (χ1v) is 8.68. The maximum atomic E-state index is 12.3. The molecule has 0 spiro atoms. The molecule has 0 bridgehead atoms. The molecule has 32 heavy (non-hydrogen) atoms. The molecule has 0 saturated heterocycles. The fourth-order valence-electron chi connectivity index (χ4n) is 2.44. The number of carbonyl (C=O) groups is 2. The highest BCUT2D eigenvalue weighted by atomic mass is 19.4. The average Bonchev–Trinajstić information content (AvgIpc) is 2.72. The van der Waals surface area contributed by atoms with Gasteiger partial charge in [0.1, 0.15) is 11.5 Å². The van der Waals surface area contributed by atoms with Crippen LogP contribution in [0.3, 0.4) is 0 Å². The van der Waals surface area contributed by atoms with Crippen LogP contribution in [0.2, 0.25) is 0 Å². The fraction of sp³-hybridized carbons (Fsp3) is 0.143. The number of anilines is 2. The van der Waals surface area contributed by atoms with E-state index in [1.807, 2.05) is 0 Å². The molecule has 0 atom stereocenters. The number of hydrogen-bond donors (Lipinski definition) is 2. The number of aliphatic hydroxyl groups excluding tert-OH is 2. The fourth-order valence-corrected chi connectivity index (χ4v) is 2.44. The predicted molar refractivity (Wildman–Crippen MR) is 104 cm³/mol. The third-order valence-corrected chi connectivity index (χ3v) is 4.20. The van der Waals surface area contributed by atoms with Gasteiger partial charge in [-0.2, -0.15) is 26.3 Å². The second-order valence-corrected chi connectivity index (χ2v) is 6.44. The molecule has 0 amide bonds. The van der Waals surface area contributed by atoms with Gasteiger partial charge in [0.05, 0.1) is 0 Å². The van der Waals surface area contributed by atoms with E-state index in [4.69, 9.17) is 0 Å². The van der Waals surface area contributed by atoms with Crippen LogP contribution in [0, 0.1) is 0 Å². The first-order valence-electron chi connectivity index (χ1n) is 8.68. The van der Waals surface area contributed by atoms with E-state index in [2.05, 4.69) is 0 Å². The molecule has 170 valence electrons. The zero-order valence-electron chi connectivity index (χ0n) is 16.2. The second kappa shape index (κ2) is 9.16. The summed E-state index contributed by atoms with van der Waals surface area (Å²) in [4.78, 5) is 23.4. The molecule has 2 aromatic rings. The topological polar surface area (TPSA) is 77.8 Å². The normalized spacial score (nSPS) is 13.1. The Morgan fingerprint density at radius 3 is 1.22 bits per heavy atom. The highest BCUT2D eigenvalue weighted by Gasteiger charge is 2.37. The van der Waals surface area contributed by atoms with E-state index < -0.39 is 35.4 Å². The number of carbonyl (C=O) groups excluding carboxylic acids is 2. The van der Waals surface area contributed by atoms with Crippen LogP contribution in [-0.2, 0) is 9.59 Å². The molecular formula is C21H15F6NO4. The van der Waals surface area contributed by atoms with E-state index in [9.17, 15) is 46.1 Å². The number of ketones is 2. The van der Waals surface area contributed by atoms with Crippen molar-refractivity contribution in [3.8, 4) is 0 Å². The monoisotopic (exact) mass is 459 g/mol. The van der Waals surface area contributed by atoms with Gasteiger partial charge in [-0.15, -0.1) is 0 Å². The van der Waals surface area contributed by atoms with E-state index in [0.717, 1.165) is 0 Å². The first kappa shape index (κ1) is 24.5. The summed E-state index contributed by atoms with van der Waals surface area (Å²) >= 11 is 0. The van der Waals surface area contributed by atoms with Crippen LogP contribution in [0.1, 0.15) is 11.1 Å². The van der Waals surface area contributed by atoms with Crippen molar-refractivity contribution in [2.45, 2.75) is 12.4 Å². The minimum absolute atomic E-state index is 0.0283. The number of rotatable bonds is 6. The van der Waals surface area contributed by atoms with Gasteiger partial charge >= 0.3 is 12.4 Å². The van der Waals surface area contributed by atoms with Gasteiger partial charge in [-0.3, -0.25) is 9.59 Å². The zero-order chi connectivity index (χ0) is 24.3. The van der Waals surface area contributed by atoms with Crippen molar-refractivity contribution in [3.63, 3.8) is 0 Å². The summed E-state index contributed by atoms with van der Waals surface area (Å²) < 4.78 is 73.7. The Labute approximate surface area is 177 Å². The van der Waals surface area contributed by atoms with Crippen LogP contribution in [0.15, 0.2) is 60.7 Å². The Morgan fingerprint density at radius 2 is 0.969 bits per heavy atom. The summed E-state index contributed by atoms with van der Waals surface area (Å²) in [6.45, 7) is 0. The molecule has 11 heteroatoms. The minimum Gasteiger partial charge on any atom is -0.507 e. The Hall–Kier alpha value is -3.76. The van der Waals surface area contributed by atoms with E-state index in [0.29, 0.717) is 11.4 Å². The van der Waals surface area contributed by atoms with Gasteiger partial charge in [-0.25, -0.2) is 0 Å². The van der Waals surface area contributed by atoms with Gasteiger partial charge in [0.2, 0.25) is 0 Å². The van der Waals surface area contributed by atoms with Gasteiger partial charge in [-0.05, 0) is 48.5 Å². The molecule has 2 aromatic carbocycles. The molecule has 0 saturated carbocycles. The lowest BCUT2D eigenvalue weighted by molar-refractivity contribution is -0.165. The summed E-state index contributed by atoms with van der Waals surface area (Å²) in [6, 6.07) is 10.9. The number of aliphatic hydroxyl groups is 2. The lowest BCUT2D eigenvalue weighted by atomic mass is 10.1. The number of halogens is 6. The minimum atomic E-state index is -5.11. The van der Waals surface area contributed by atoms with Crippen molar-refractivity contribution in [2.24, 2.45) is 0 Å². The zero-order valence-corrected chi connectivity index (χ0v) is 16.2. The van der Waals surface area contributed by atoms with Crippen molar-refractivity contribution < 1.29 is 46.1 Å². The largest absolute Gasteiger partial charge is 0.507 e. The van der Waals surface area contributed by atoms with E-state index >= 15 is 0 Å². The molecule has 0 fully saturated rings. The number of benzene rings is 2. The number of allylic oxidation sites excluding steroid dienone is 2. The molecule has 0 aliphatic heterocycles. The van der Waals surface area contributed by atoms with E-state index in [-0.39, 0.29) is 23.3 Å². The van der Waals surface area contributed by atoms with Crippen LogP contribution in [0.4, 0.5) is 37.7 Å². The van der Waals surface area contributed by atoms with Gasteiger partial charge in [0, 0.05) is 41.7 Å². The van der Waals surface area contributed by atoms with E-state index in [1.165, 1.54) is 48.5 Å². The molecule has 0 radical (unpaired) electrons. The third kappa shape index (κ3) is 6.13. The van der Waals surface area contributed by atoms with Crippen molar-refractivity contribution in [2.75, 3.05) is 11.9 Å². The predicted octanol–water partition coefficient (Wildman–Crippen LogP) is 5.52. The molecule has 0 unspecified atom stereocenters. The second-order valence-electron chi connectivity index (χ2n) is 6.44. The molecular weight excluding hydrogens is 444 g/mol. The van der Waals surface area contributed by atoms with E-state index in [1.54, 1.807) is 11.9 Å². The lowest BCUT2D eigenvalue weighted by Gasteiger charge is -2.20. The van der Waals surface area contributed by atoms with Gasteiger partial charge in [-0.1, -0.05) is 0 Å². The lowest BCUT2D eigenvalue weighted by Crippen LogP contribution is -2.20. The van der Waals surface area contributed by atoms with Crippen molar-refractivity contribution in [3.05, 3.63) is 71.8 Å². The van der Waals surface area contributed by atoms with Crippen LogP contribution in [0.5, 0.6) is 0 Å². The summed E-state index contributed by atoms with van der Waals surface area (Å²) in [6.07, 6.45) is -10.1. The molecule has 0 aromatic heterocycles. The maximum absolute atomic E-state index is 12.3. The van der Waals surface area contributed by atoms with Crippen LogP contribution >= 0.6 is 0 Å². The van der Waals surface area contributed by atoms with Crippen molar-refractivity contribution in [1.29, 1.82) is 0 Å². The van der Waals surface area contributed by atoms with Crippen LogP contribution in [-0.4, -0.2) is 41.2 Å².